The molecule has 17 heavy (non-hydrogen) atoms. The average molecular weight is 333 g/mol. The Morgan fingerprint density at radius 2 is 1.88 bits per heavy atom. The zero-order valence-electron chi connectivity index (χ0n) is 8.58. The van der Waals surface area contributed by atoms with Gasteiger partial charge in [-0.15, -0.1) is 0 Å². The minimum atomic E-state index is -0.369. The third-order valence-corrected chi connectivity index (χ3v) is 4.31. The maximum absolute atomic E-state index is 13.2. The molecule has 0 fully saturated rings. The van der Waals surface area contributed by atoms with E-state index in [-0.39, 0.29) is 5.82 Å². The van der Waals surface area contributed by atoms with Gasteiger partial charge in [0.05, 0.1) is 9.50 Å². The summed E-state index contributed by atoms with van der Waals surface area (Å²) in [5.74, 6) is -0.369. The number of hydrogen-bond acceptors (Lipinski definition) is 2. The molecule has 0 aliphatic carbocycles. The summed E-state index contributed by atoms with van der Waals surface area (Å²) in [6, 6.07) is 10.4. The molecule has 88 valence electrons. The molecule has 2 rings (SSSR count). The fraction of sp³-hybridized carbons (Fsp3) is 0. The van der Waals surface area contributed by atoms with Gasteiger partial charge < -0.3 is 5.73 Å². The summed E-state index contributed by atoms with van der Waals surface area (Å²) in [7, 11) is 0. The molecule has 0 saturated heterocycles. The van der Waals surface area contributed by atoms with Gasteiger partial charge in [-0.05, 0) is 40.2 Å². The molecule has 0 amide bonds. The SMILES string of the molecule is Nc1cc(F)c(Br)cc1Sc1ccccc1Cl. The summed E-state index contributed by atoms with van der Waals surface area (Å²) in [5, 5.41) is 0.650. The van der Waals surface area contributed by atoms with Crippen molar-refractivity contribution in [2.75, 3.05) is 5.73 Å². The van der Waals surface area contributed by atoms with Crippen LogP contribution in [-0.4, -0.2) is 0 Å². The molecule has 0 saturated carbocycles. The number of hydrogen-bond donors (Lipinski definition) is 1. The van der Waals surface area contributed by atoms with Gasteiger partial charge in [-0.3, -0.25) is 0 Å². The third-order valence-electron chi connectivity index (χ3n) is 2.11. The van der Waals surface area contributed by atoms with Crippen LogP contribution in [0.2, 0.25) is 5.02 Å². The third kappa shape index (κ3) is 2.94. The van der Waals surface area contributed by atoms with Crippen LogP contribution >= 0.6 is 39.3 Å². The predicted molar refractivity (Wildman–Crippen MR) is 74.1 cm³/mol. The van der Waals surface area contributed by atoms with Gasteiger partial charge in [-0.25, -0.2) is 4.39 Å². The Morgan fingerprint density at radius 1 is 1.18 bits per heavy atom. The molecule has 5 heteroatoms. The highest BCUT2D eigenvalue weighted by Crippen LogP contribution is 2.38. The Bertz CT molecular complexity index is 562. The van der Waals surface area contributed by atoms with E-state index in [9.17, 15) is 4.39 Å². The van der Waals surface area contributed by atoms with Crippen molar-refractivity contribution in [1.29, 1.82) is 0 Å². The van der Waals surface area contributed by atoms with E-state index in [0.717, 1.165) is 9.79 Å². The number of rotatable bonds is 2. The van der Waals surface area contributed by atoms with Crippen LogP contribution < -0.4 is 5.73 Å². The van der Waals surface area contributed by atoms with E-state index in [1.54, 1.807) is 12.1 Å². The monoisotopic (exact) mass is 331 g/mol. The van der Waals surface area contributed by atoms with E-state index < -0.39 is 0 Å². The number of benzene rings is 2. The van der Waals surface area contributed by atoms with Crippen molar-refractivity contribution in [3.63, 3.8) is 0 Å². The molecule has 0 aliphatic rings. The Morgan fingerprint density at radius 3 is 2.59 bits per heavy atom. The minimum absolute atomic E-state index is 0.369. The van der Waals surface area contributed by atoms with E-state index in [0.29, 0.717) is 15.2 Å². The van der Waals surface area contributed by atoms with Crippen molar-refractivity contribution in [3.8, 4) is 0 Å². The van der Waals surface area contributed by atoms with Gasteiger partial charge in [0.15, 0.2) is 0 Å². The topological polar surface area (TPSA) is 26.0 Å². The average Bonchev–Trinajstić information content (AvgIpc) is 2.29. The lowest BCUT2D eigenvalue weighted by Crippen LogP contribution is -1.91. The maximum atomic E-state index is 13.2. The fourth-order valence-corrected chi connectivity index (χ4v) is 2.93. The first-order chi connectivity index (χ1) is 8.08. The van der Waals surface area contributed by atoms with Crippen molar-refractivity contribution in [3.05, 3.63) is 51.7 Å². The molecule has 0 atom stereocenters. The first-order valence-corrected chi connectivity index (χ1v) is 6.73. The Hall–Kier alpha value is -0.710. The molecule has 2 aromatic carbocycles. The molecule has 0 aliphatic heterocycles. The fourth-order valence-electron chi connectivity index (χ4n) is 1.28. The van der Waals surface area contributed by atoms with Gasteiger partial charge in [0.2, 0.25) is 0 Å². The highest BCUT2D eigenvalue weighted by Gasteiger charge is 2.09. The molecule has 0 unspecified atom stereocenters. The highest BCUT2D eigenvalue weighted by atomic mass is 79.9. The maximum Gasteiger partial charge on any atom is 0.139 e. The lowest BCUT2D eigenvalue weighted by atomic mass is 10.3. The van der Waals surface area contributed by atoms with Gasteiger partial charge in [-0.1, -0.05) is 35.5 Å². The van der Waals surface area contributed by atoms with Gasteiger partial charge >= 0.3 is 0 Å². The number of nitrogen functional groups attached to an aromatic ring is 1. The van der Waals surface area contributed by atoms with E-state index in [1.807, 2.05) is 18.2 Å². The van der Waals surface area contributed by atoms with Gasteiger partial charge in [0.1, 0.15) is 5.82 Å². The van der Waals surface area contributed by atoms with Crippen LogP contribution in [-0.2, 0) is 0 Å². The standard InChI is InChI=1S/C12H8BrClFNS/c13-7-5-12(10(16)6-9(7)15)17-11-4-2-1-3-8(11)14/h1-6H,16H2. The lowest BCUT2D eigenvalue weighted by Gasteiger charge is -2.08. The summed E-state index contributed by atoms with van der Waals surface area (Å²) >= 11 is 10.6. The Labute approximate surface area is 116 Å². The quantitative estimate of drug-likeness (QED) is 0.785. The second kappa shape index (κ2) is 5.29. The van der Waals surface area contributed by atoms with E-state index in [2.05, 4.69) is 15.9 Å². The zero-order valence-corrected chi connectivity index (χ0v) is 11.7. The number of nitrogens with two attached hydrogens (primary N) is 1. The highest BCUT2D eigenvalue weighted by molar-refractivity contribution is 9.10. The van der Waals surface area contributed by atoms with Crippen LogP contribution in [0.4, 0.5) is 10.1 Å². The second-order valence-electron chi connectivity index (χ2n) is 3.34. The largest absolute Gasteiger partial charge is 0.398 e. The van der Waals surface area contributed by atoms with E-state index in [1.165, 1.54) is 17.8 Å². The van der Waals surface area contributed by atoms with Crippen molar-refractivity contribution >= 4 is 45.0 Å². The second-order valence-corrected chi connectivity index (χ2v) is 5.68. The number of anilines is 1. The molecular weight excluding hydrogens is 325 g/mol. The molecule has 0 aromatic heterocycles. The van der Waals surface area contributed by atoms with E-state index >= 15 is 0 Å². The van der Waals surface area contributed by atoms with Crippen molar-refractivity contribution in [2.24, 2.45) is 0 Å². The van der Waals surface area contributed by atoms with Crippen molar-refractivity contribution < 1.29 is 4.39 Å². The minimum Gasteiger partial charge on any atom is -0.398 e. The molecule has 2 aromatic rings. The molecule has 0 radical (unpaired) electrons. The summed E-state index contributed by atoms with van der Waals surface area (Å²) in [4.78, 5) is 1.66. The van der Waals surface area contributed by atoms with Gasteiger partial charge in [-0.2, -0.15) is 0 Å². The lowest BCUT2D eigenvalue weighted by molar-refractivity contribution is 0.620. The van der Waals surface area contributed by atoms with Gasteiger partial charge in [0, 0.05) is 15.5 Å². The van der Waals surface area contributed by atoms with Gasteiger partial charge in [0.25, 0.3) is 0 Å². The van der Waals surface area contributed by atoms with Crippen LogP contribution in [0.1, 0.15) is 0 Å². The summed E-state index contributed by atoms with van der Waals surface area (Å²) < 4.78 is 13.6. The summed E-state index contributed by atoms with van der Waals surface area (Å²) in [5.41, 5.74) is 6.16. The normalized spacial score (nSPS) is 10.5. The van der Waals surface area contributed by atoms with E-state index in [4.69, 9.17) is 17.3 Å². The molecule has 1 nitrogen and oxygen atoms in total. The molecule has 0 bridgehead atoms. The Balaban J connectivity index is 2.37. The predicted octanol–water partition coefficient (Wildman–Crippen LogP) is 4.98. The summed E-state index contributed by atoms with van der Waals surface area (Å²) in [6.45, 7) is 0. The van der Waals surface area contributed by atoms with Crippen LogP contribution in [0.15, 0.2) is 50.7 Å². The molecule has 0 spiro atoms. The van der Waals surface area contributed by atoms with Crippen LogP contribution in [0.3, 0.4) is 0 Å². The zero-order chi connectivity index (χ0) is 12.4. The van der Waals surface area contributed by atoms with Crippen LogP contribution in [0.25, 0.3) is 0 Å². The van der Waals surface area contributed by atoms with Crippen molar-refractivity contribution in [1.82, 2.24) is 0 Å². The first kappa shape index (κ1) is 12.7. The number of halogens is 3. The molecular formula is C12H8BrClFNS. The van der Waals surface area contributed by atoms with Crippen LogP contribution in [0, 0.1) is 5.82 Å². The molecule has 2 N–H and O–H groups in total. The Kier molecular flexibility index (Phi) is 3.97. The van der Waals surface area contributed by atoms with Crippen molar-refractivity contribution in [2.45, 2.75) is 9.79 Å². The molecule has 0 heterocycles. The van der Waals surface area contributed by atoms with Crippen LogP contribution in [0.5, 0.6) is 0 Å². The smallest absolute Gasteiger partial charge is 0.139 e. The summed E-state index contributed by atoms with van der Waals surface area (Å²) in [6.07, 6.45) is 0. The first-order valence-electron chi connectivity index (χ1n) is 4.75.